The van der Waals surface area contributed by atoms with Crippen molar-refractivity contribution in [2.75, 3.05) is 4.90 Å². The molecular weight excluding hydrogens is 691 g/mol. The number of anilines is 3. The van der Waals surface area contributed by atoms with Gasteiger partial charge in [-0.3, -0.25) is 0 Å². The highest BCUT2D eigenvalue weighted by molar-refractivity contribution is 6.12. The normalized spacial score (nSPS) is 15.5. The van der Waals surface area contributed by atoms with E-state index in [2.05, 4.69) is 209 Å². The van der Waals surface area contributed by atoms with Crippen LogP contribution in [-0.2, 0) is 10.8 Å². The van der Waals surface area contributed by atoms with Gasteiger partial charge in [0.05, 0.1) is 0 Å². The van der Waals surface area contributed by atoms with Crippen LogP contribution in [0, 0.1) is 0 Å². The molecular formula is C55H43NO. The second kappa shape index (κ2) is 12.4. The summed E-state index contributed by atoms with van der Waals surface area (Å²) in [4.78, 5) is 2.44. The maximum absolute atomic E-state index is 6.70. The summed E-state index contributed by atoms with van der Waals surface area (Å²) in [7, 11) is 0. The summed E-state index contributed by atoms with van der Waals surface area (Å²) in [5, 5.41) is 2.32. The third-order valence-corrected chi connectivity index (χ3v) is 13.0. The lowest BCUT2D eigenvalue weighted by molar-refractivity contribution is 0.653. The molecule has 2 nitrogen and oxygen atoms in total. The van der Waals surface area contributed by atoms with E-state index in [1.807, 2.05) is 0 Å². The van der Waals surface area contributed by atoms with Crippen LogP contribution >= 0.6 is 0 Å². The molecule has 0 aliphatic heterocycles. The molecule has 0 amide bonds. The van der Waals surface area contributed by atoms with Gasteiger partial charge in [-0.25, -0.2) is 0 Å². The third kappa shape index (κ3) is 5.10. The molecule has 0 bridgehead atoms. The number of para-hydroxylation sites is 1. The highest BCUT2D eigenvalue weighted by atomic mass is 16.3. The molecule has 57 heavy (non-hydrogen) atoms. The highest BCUT2D eigenvalue weighted by Crippen LogP contribution is 2.55. The SMILES string of the molecule is CC1(C)c2ccccc2-c2ccc(N(c3ccc(-c4ccc(C5=CC=CC=CC5)cc4)cc3)c3ccc4c(c3)-c3c(ccc5c3oc3ccccc35)C4(C)C)cc21. The molecule has 1 aromatic heterocycles. The van der Waals surface area contributed by atoms with E-state index < -0.39 is 0 Å². The molecule has 3 aliphatic carbocycles. The van der Waals surface area contributed by atoms with E-state index in [-0.39, 0.29) is 10.8 Å². The maximum Gasteiger partial charge on any atom is 0.143 e. The van der Waals surface area contributed by atoms with E-state index in [1.54, 1.807) is 0 Å². The highest BCUT2D eigenvalue weighted by Gasteiger charge is 2.39. The molecule has 0 saturated carbocycles. The van der Waals surface area contributed by atoms with Crippen molar-refractivity contribution in [1.29, 1.82) is 0 Å². The number of nitrogens with zero attached hydrogens (tertiary/aromatic N) is 1. The molecule has 0 unspecified atom stereocenters. The van der Waals surface area contributed by atoms with Crippen LogP contribution in [0.15, 0.2) is 180 Å². The molecule has 0 atom stereocenters. The van der Waals surface area contributed by atoms with Crippen LogP contribution in [0.5, 0.6) is 0 Å². The van der Waals surface area contributed by atoms with Crippen LogP contribution in [0.25, 0.3) is 60.9 Å². The van der Waals surface area contributed by atoms with Crippen molar-refractivity contribution in [3.63, 3.8) is 0 Å². The van der Waals surface area contributed by atoms with E-state index in [0.29, 0.717) is 0 Å². The van der Waals surface area contributed by atoms with Gasteiger partial charge in [-0.2, -0.15) is 0 Å². The summed E-state index contributed by atoms with van der Waals surface area (Å²) in [6.07, 6.45) is 11.7. The van der Waals surface area contributed by atoms with Crippen molar-refractivity contribution in [2.24, 2.45) is 0 Å². The molecule has 0 fully saturated rings. The minimum Gasteiger partial charge on any atom is -0.455 e. The van der Waals surface area contributed by atoms with E-state index in [4.69, 9.17) is 4.42 Å². The van der Waals surface area contributed by atoms with Crippen LogP contribution in [-0.4, -0.2) is 0 Å². The smallest absolute Gasteiger partial charge is 0.143 e. The fraction of sp³-hybridized carbons (Fsp3) is 0.127. The number of hydrogen-bond acceptors (Lipinski definition) is 2. The molecule has 0 N–H and O–H groups in total. The Morgan fingerprint density at radius 2 is 1.11 bits per heavy atom. The molecule has 2 heteroatoms. The minimum absolute atomic E-state index is 0.114. The van der Waals surface area contributed by atoms with Gasteiger partial charge in [0.25, 0.3) is 0 Å². The van der Waals surface area contributed by atoms with Crippen molar-refractivity contribution < 1.29 is 4.42 Å². The van der Waals surface area contributed by atoms with E-state index in [9.17, 15) is 0 Å². The van der Waals surface area contributed by atoms with Crippen molar-refractivity contribution in [3.8, 4) is 33.4 Å². The Hall–Kier alpha value is -6.64. The third-order valence-electron chi connectivity index (χ3n) is 13.0. The lowest BCUT2D eigenvalue weighted by atomic mass is 9.82. The fourth-order valence-electron chi connectivity index (χ4n) is 9.90. The predicted molar refractivity (Wildman–Crippen MR) is 240 cm³/mol. The topological polar surface area (TPSA) is 16.4 Å². The lowest BCUT2D eigenvalue weighted by Crippen LogP contribution is -2.17. The summed E-state index contributed by atoms with van der Waals surface area (Å²) >= 11 is 0. The van der Waals surface area contributed by atoms with Crippen LogP contribution in [0.4, 0.5) is 17.1 Å². The molecule has 274 valence electrons. The van der Waals surface area contributed by atoms with Crippen LogP contribution in [0.3, 0.4) is 0 Å². The zero-order chi connectivity index (χ0) is 38.5. The first-order valence-corrected chi connectivity index (χ1v) is 20.1. The summed E-state index contributed by atoms with van der Waals surface area (Å²) in [6.45, 7) is 9.41. The first-order valence-electron chi connectivity index (χ1n) is 20.1. The van der Waals surface area contributed by atoms with Crippen molar-refractivity contribution in [2.45, 2.75) is 44.9 Å². The number of rotatable bonds is 5. The quantitative estimate of drug-likeness (QED) is 0.175. The molecule has 1 heterocycles. The first-order chi connectivity index (χ1) is 27.8. The molecule has 0 saturated heterocycles. The average Bonchev–Trinajstić information content (AvgIpc) is 3.68. The Morgan fingerprint density at radius 3 is 1.95 bits per heavy atom. The zero-order valence-electron chi connectivity index (χ0n) is 32.8. The Bertz CT molecular complexity index is 3020. The Morgan fingerprint density at radius 1 is 0.474 bits per heavy atom. The summed E-state index contributed by atoms with van der Waals surface area (Å²) in [6, 6.07) is 54.1. The molecule has 0 spiro atoms. The van der Waals surface area contributed by atoms with Crippen molar-refractivity contribution in [1.82, 2.24) is 0 Å². The number of furan rings is 1. The van der Waals surface area contributed by atoms with Gasteiger partial charge in [-0.05, 0) is 110 Å². The summed E-state index contributed by atoms with van der Waals surface area (Å²) in [5.41, 5.74) is 20.5. The van der Waals surface area contributed by atoms with Crippen molar-refractivity contribution >= 4 is 44.6 Å². The van der Waals surface area contributed by atoms with Gasteiger partial charge in [0.2, 0.25) is 0 Å². The predicted octanol–water partition coefficient (Wildman–Crippen LogP) is 15.2. The number of benzene rings is 7. The molecule has 7 aromatic carbocycles. The second-order valence-electron chi connectivity index (χ2n) is 16.9. The fourth-order valence-corrected chi connectivity index (χ4v) is 9.90. The Balaban J connectivity index is 1.05. The monoisotopic (exact) mass is 733 g/mol. The minimum atomic E-state index is -0.165. The Labute approximate surface area is 334 Å². The largest absolute Gasteiger partial charge is 0.455 e. The van der Waals surface area contributed by atoms with Gasteiger partial charge >= 0.3 is 0 Å². The van der Waals surface area contributed by atoms with Gasteiger partial charge in [-0.15, -0.1) is 0 Å². The van der Waals surface area contributed by atoms with Gasteiger partial charge in [0, 0.05) is 44.2 Å². The molecule has 3 aliphatic rings. The molecule has 0 radical (unpaired) electrons. The van der Waals surface area contributed by atoms with Crippen molar-refractivity contribution in [3.05, 3.63) is 204 Å². The van der Waals surface area contributed by atoms with E-state index in [1.165, 1.54) is 72.2 Å². The summed E-state index contributed by atoms with van der Waals surface area (Å²) in [5.74, 6) is 0. The van der Waals surface area contributed by atoms with Gasteiger partial charge in [0.1, 0.15) is 11.2 Å². The van der Waals surface area contributed by atoms with Gasteiger partial charge in [-0.1, -0.05) is 161 Å². The van der Waals surface area contributed by atoms with Gasteiger partial charge in [0.15, 0.2) is 0 Å². The van der Waals surface area contributed by atoms with Crippen LogP contribution in [0.1, 0.15) is 61.9 Å². The average molecular weight is 734 g/mol. The molecule has 11 rings (SSSR count). The van der Waals surface area contributed by atoms with Gasteiger partial charge < -0.3 is 9.32 Å². The molecule has 8 aromatic rings. The number of hydrogen-bond donors (Lipinski definition) is 0. The zero-order valence-corrected chi connectivity index (χ0v) is 32.8. The van der Waals surface area contributed by atoms with E-state index >= 15 is 0 Å². The maximum atomic E-state index is 6.70. The number of fused-ring (bicyclic) bond motifs is 10. The van der Waals surface area contributed by atoms with Crippen LogP contribution < -0.4 is 4.90 Å². The Kier molecular flexibility index (Phi) is 7.35. The number of allylic oxidation sites excluding steroid dienone is 6. The lowest BCUT2D eigenvalue weighted by Gasteiger charge is -2.29. The summed E-state index contributed by atoms with van der Waals surface area (Å²) < 4.78 is 6.70. The second-order valence-corrected chi connectivity index (χ2v) is 16.9. The van der Waals surface area contributed by atoms with Crippen LogP contribution in [0.2, 0.25) is 0 Å². The first kappa shape index (κ1) is 33.7. The standard InChI is InChI=1S/C55H43NO/c1-54(2)48-31-28-40(33-46(48)52-49(54)32-30-45-44-16-10-12-18-51(44)57-53(45)52)56(41-27-29-43-42-15-9-11-17-47(42)55(3,4)50(43)34-41)39-25-23-38(24-26-39)37-21-19-36(20-22-37)35-13-7-5-6-8-14-35/h5-13,15-34H,14H2,1-4H3. The van der Waals surface area contributed by atoms with E-state index in [0.717, 1.165) is 40.0 Å².